The highest BCUT2D eigenvalue weighted by Crippen LogP contribution is 2.39. The molecule has 0 radical (unpaired) electrons. The molecule has 0 saturated heterocycles. The topological polar surface area (TPSA) is 45.2 Å². The summed E-state index contributed by atoms with van der Waals surface area (Å²) in [5.41, 5.74) is 3.13. The van der Waals surface area contributed by atoms with E-state index in [-0.39, 0.29) is 12.1 Å². The molecule has 1 unspecified atom stereocenters. The van der Waals surface area contributed by atoms with Crippen molar-refractivity contribution >= 4 is 29.2 Å². The first-order chi connectivity index (χ1) is 12.6. The average molecular weight is 392 g/mol. The number of fused-ring (bicyclic) bond motifs is 1. The smallest absolute Gasteiger partial charge is 0.317 e. The van der Waals surface area contributed by atoms with E-state index in [9.17, 15) is 4.79 Å². The molecule has 1 aliphatic carbocycles. The lowest BCUT2D eigenvalue weighted by atomic mass is 10.1. The molecule has 2 amide bonds. The van der Waals surface area contributed by atoms with Crippen LogP contribution in [-0.2, 0) is 12.8 Å². The van der Waals surface area contributed by atoms with Gasteiger partial charge in [0.15, 0.2) is 0 Å². The molecule has 3 rings (SSSR count). The van der Waals surface area contributed by atoms with Crippen molar-refractivity contribution in [1.82, 2.24) is 15.2 Å². The summed E-state index contributed by atoms with van der Waals surface area (Å²) in [6.07, 6.45) is 5.13. The molecule has 1 heterocycles. The minimum atomic E-state index is -0.0355. The first kappa shape index (κ1) is 19.0. The fourth-order valence-corrected chi connectivity index (χ4v) is 3.85. The van der Waals surface area contributed by atoms with Gasteiger partial charge in [-0.05, 0) is 48.6 Å². The van der Waals surface area contributed by atoms with Crippen molar-refractivity contribution in [3.63, 3.8) is 0 Å². The summed E-state index contributed by atoms with van der Waals surface area (Å²) < 4.78 is 0. The average Bonchev–Trinajstić information content (AvgIpc) is 3.06. The Balaban J connectivity index is 1.65. The van der Waals surface area contributed by atoms with Gasteiger partial charge in [0.2, 0.25) is 0 Å². The van der Waals surface area contributed by atoms with Crippen LogP contribution < -0.4 is 5.32 Å². The van der Waals surface area contributed by atoms with Gasteiger partial charge < -0.3 is 10.2 Å². The van der Waals surface area contributed by atoms with E-state index in [4.69, 9.17) is 23.2 Å². The van der Waals surface area contributed by atoms with E-state index in [1.807, 2.05) is 29.2 Å². The number of pyridine rings is 1. The van der Waals surface area contributed by atoms with E-state index in [0.29, 0.717) is 16.6 Å². The Morgan fingerprint density at radius 2 is 2.12 bits per heavy atom. The minimum absolute atomic E-state index is 0.0125. The third-order valence-corrected chi connectivity index (χ3v) is 5.58. The van der Waals surface area contributed by atoms with E-state index in [1.54, 1.807) is 12.3 Å². The molecule has 6 heteroatoms. The summed E-state index contributed by atoms with van der Waals surface area (Å²) in [6, 6.07) is 9.58. The third-order valence-electron chi connectivity index (χ3n) is 4.73. The van der Waals surface area contributed by atoms with Crippen LogP contribution in [0.15, 0.2) is 36.5 Å². The molecule has 2 aromatic rings. The van der Waals surface area contributed by atoms with Crippen molar-refractivity contribution in [3.05, 3.63) is 63.4 Å². The van der Waals surface area contributed by atoms with Gasteiger partial charge in [0.1, 0.15) is 0 Å². The zero-order valence-corrected chi connectivity index (χ0v) is 16.4. The first-order valence-corrected chi connectivity index (χ1v) is 9.78. The van der Waals surface area contributed by atoms with Crippen LogP contribution in [-0.4, -0.2) is 29.0 Å². The summed E-state index contributed by atoms with van der Waals surface area (Å²) in [5, 5.41) is 4.35. The molecule has 1 aliphatic rings. The summed E-state index contributed by atoms with van der Waals surface area (Å²) >= 11 is 12.4. The molecule has 0 aliphatic heterocycles. The number of carbonyl (C=O) groups is 1. The number of benzene rings is 1. The standard InChI is InChI=1S/C20H23Cl2N3O/c1-2-12-25(13-10-14-5-3-4-11-23-14)20(26)24-18-9-7-16-15(18)6-8-17(21)19(16)22/h3-6,8,11,18H,2,7,9-10,12-13H2,1H3,(H,24,26). The second-order valence-electron chi connectivity index (χ2n) is 6.53. The van der Waals surface area contributed by atoms with Crippen LogP contribution in [0.1, 0.15) is 42.6 Å². The second-order valence-corrected chi connectivity index (χ2v) is 7.31. The highest BCUT2D eigenvalue weighted by Gasteiger charge is 2.28. The number of amides is 2. The number of aromatic nitrogens is 1. The highest BCUT2D eigenvalue weighted by atomic mass is 35.5. The number of rotatable bonds is 6. The molecule has 0 bridgehead atoms. The monoisotopic (exact) mass is 391 g/mol. The fourth-order valence-electron chi connectivity index (χ4n) is 3.40. The van der Waals surface area contributed by atoms with Crippen LogP contribution in [0.3, 0.4) is 0 Å². The fraction of sp³-hybridized carbons (Fsp3) is 0.400. The Hall–Kier alpha value is -1.78. The van der Waals surface area contributed by atoms with Gasteiger partial charge in [-0.2, -0.15) is 0 Å². The first-order valence-electron chi connectivity index (χ1n) is 9.02. The number of halogens is 2. The van der Waals surface area contributed by atoms with E-state index in [2.05, 4.69) is 17.2 Å². The van der Waals surface area contributed by atoms with Gasteiger partial charge in [-0.25, -0.2) is 4.79 Å². The van der Waals surface area contributed by atoms with E-state index < -0.39 is 0 Å². The Labute approximate surface area is 164 Å². The molecule has 0 saturated carbocycles. The summed E-state index contributed by atoms with van der Waals surface area (Å²) in [6.45, 7) is 3.45. The summed E-state index contributed by atoms with van der Waals surface area (Å²) in [4.78, 5) is 19.0. The van der Waals surface area contributed by atoms with Crippen molar-refractivity contribution in [2.45, 2.75) is 38.6 Å². The van der Waals surface area contributed by atoms with Gasteiger partial charge >= 0.3 is 6.03 Å². The number of nitrogens with zero attached hydrogens (tertiary/aromatic N) is 2. The molecular weight excluding hydrogens is 369 g/mol. The molecule has 0 spiro atoms. The zero-order valence-electron chi connectivity index (χ0n) is 14.8. The summed E-state index contributed by atoms with van der Waals surface area (Å²) in [5.74, 6) is 0. The second kappa shape index (κ2) is 8.74. The summed E-state index contributed by atoms with van der Waals surface area (Å²) in [7, 11) is 0. The predicted octanol–water partition coefficient (Wildman–Crippen LogP) is 5.04. The molecule has 26 heavy (non-hydrogen) atoms. The van der Waals surface area contributed by atoms with Crippen molar-refractivity contribution < 1.29 is 4.79 Å². The Bertz CT molecular complexity index is 767. The largest absolute Gasteiger partial charge is 0.331 e. The molecule has 138 valence electrons. The van der Waals surface area contributed by atoms with Gasteiger partial charge in [-0.3, -0.25) is 4.98 Å². The van der Waals surface area contributed by atoms with E-state index in [1.165, 1.54) is 0 Å². The Kier molecular flexibility index (Phi) is 6.38. The zero-order chi connectivity index (χ0) is 18.5. The van der Waals surface area contributed by atoms with Crippen LogP contribution in [0.5, 0.6) is 0 Å². The van der Waals surface area contributed by atoms with Crippen LogP contribution >= 0.6 is 23.2 Å². The van der Waals surface area contributed by atoms with Gasteiger partial charge in [0, 0.05) is 31.4 Å². The number of hydrogen-bond acceptors (Lipinski definition) is 2. The van der Waals surface area contributed by atoms with Crippen molar-refractivity contribution in [1.29, 1.82) is 0 Å². The molecule has 1 atom stereocenters. The number of hydrogen-bond donors (Lipinski definition) is 1. The third kappa shape index (κ3) is 4.30. The van der Waals surface area contributed by atoms with Gasteiger partial charge in [-0.1, -0.05) is 42.3 Å². The maximum atomic E-state index is 12.8. The maximum Gasteiger partial charge on any atom is 0.317 e. The van der Waals surface area contributed by atoms with Gasteiger partial charge in [0.05, 0.1) is 16.1 Å². The van der Waals surface area contributed by atoms with Gasteiger partial charge in [0.25, 0.3) is 0 Å². The van der Waals surface area contributed by atoms with Crippen LogP contribution in [0.2, 0.25) is 10.0 Å². The number of urea groups is 1. The quantitative estimate of drug-likeness (QED) is 0.749. The SMILES string of the molecule is CCCN(CCc1ccccn1)C(=O)NC1CCc2c1ccc(Cl)c2Cl. The predicted molar refractivity (Wildman–Crippen MR) is 106 cm³/mol. The van der Waals surface area contributed by atoms with E-state index >= 15 is 0 Å². The van der Waals surface area contributed by atoms with E-state index in [0.717, 1.165) is 49.0 Å². The Morgan fingerprint density at radius 3 is 2.85 bits per heavy atom. The maximum absolute atomic E-state index is 12.8. The minimum Gasteiger partial charge on any atom is -0.331 e. The van der Waals surface area contributed by atoms with Crippen molar-refractivity contribution in [2.75, 3.05) is 13.1 Å². The number of carbonyl (C=O) groups excluding carboxylic acids is 1. The molecular formula is C20H23Cl2N3O. The highest BCUT2D eigenvalue weighted by molar-refractivity contribution is 6.42. The molecule has 1 N–H and O–H groups in total. The lowest BCUT2D eigenvalue weighted by Crippen LogP contribution is -2.42. The van der Waals surface area contributed by atoms with Crippen molar-refractivity contribution in [3.8, 4) is 0 Å². The molecule has 4 nitrogen and oxygen atoms in total. The molecule has 1 aromatic heterocycles. The normalized spacial score (nSPS) is 15.6. The van der Waals surface area contributed by atoms with Crippen LogP contribution in [0.4, 0.5) is 4.79 Å². The van der Waals surface area contributed by atoms with Crippen LogP contribution in [0.25, 0.3) is 0 Å². The lowest BCUT2D eigenvalue weighted by molar-refractivity contribution is 0.194. The Morgan fingerprint density at radius 1 is 1.27 bits per heavy atom. The number of nitrogens with one attached hydrogen (secondary N) is 1. The van der Waals surface area contributed by atoms with Gasteiger partial charge in [-0.15, -0.1) is 0 Å². The van der Waals surface area contributed by atoms with Crippen molar-refractivity contribution in [2.24, 2.45) is 0 Å². The molecule has 0 fully saturated rings. The molecule has 1 aromatic carbocycles. The van der Waals surface area contributed by atoms with Crippen LogP contribution in [0, 0.1) is 0 Å². The lowest BCUT2D eigenvalue weighted by Gasteiger charge is -2.25.